The number of rotatable bonds is 7. The van der Waals surface area contributed by atoms with E-state index in [1.54, 1.807) is 32.3 Å². The van der Waals surface area contributed by atoms with Crippen molar-refractivity contribution in [3.63, 3.8) is 0 Å². The topological polar surface area (TPSA) is 90.4 Å². The third-order valence-electron chi connectivity index (χ3n) is 4.70. The number of anilines is 3. The van der Waals surface area contributed by atoms with Gasteiger partial charge < -0.3 is 20.6 Å². The largest absolute Gasteiger partial charge is 0.505 e. The number of amides is 1. The first kappa shape index (κ1) is 24.4. The summed E-state index contributed by atoms with van der Waals surface area (Å²) in [6.45, 7) is 12.7. The fourth-order valence-electron chi connectivity index (χ4n) is 3.10. The molecule has 0 aliphatic rings. The summed E-state index contributed by atoms with van der Waals surface area (Å²) in [4.78, 5) is 13.7. The van der Waals surface area contributed by atoms with Crippen LogP contribution >= 0.6 is 11.7 Å². The van der Waals surface area contributed by atoms with Crippen molar-refractivity contribution in [3.8, 4) is 5.75 Å². The molecular weight excluding hydrogens is 410 g/mol. The highest BCUT2D eigenvalue weighted by Crippen LogP contribution is 2.35. The Kier molecular flexibility index (Phi) is 7.84. The van der Waals surface area contributed by atoms with Crippen molar-refractivity contribution in [2.75, 3.05) is 24.7 Å². The highest BCUT2D eigenvalue weighted by Gasteiger charge is 2.28. The molecule has 0 radical (unpaired) electrons. The highest BCUT2D eigenvalue weighted by atomic mass is 32.1. The van der Waals surface area contributed by atoms with E-state index in [4.69, 9.17) is 0 Å². The van der Waals surface area contributed by atoms with Gasteiger partial charge in [0.05, 0.1) is 29.0 Å². The number of hydrogen-bond acceptors (Lipinski definition) is 7. The van der Waals surface area contributed by atoms with Gasteiger partial charge in [0.2, 0.25) is 0 Å². The molecule has 1 atom stereocenters. The lowest BCUT2D eigenvalue weighted by Crippen LogP contribution is -2.35. The maximum absolute atomic E-state index is 12.3. The molecule has 1 amide bonds. The molecule has 0 aliphatic carbocycles. The van der Waals surface area contributed by atoms with Crippen LogP contribution in [0.15, 0.2) is 41.5 Å². The maximum Gasteiger partial charge on any atom is 0.257 e. The van der Waals surface area contributed by atoms with E-state index in [2.05, 4.69) is 73.1 Å². The molecule has 1 aromatic heterocycles. The molecule has 2 aromatic rings. The van der Waals surface area contributed by atoms with Crippen molar-refractivity contribution in [1.29, 1.82) is 0 Å². The predicted molar refractivity (Wildman–Crippen MR) is 129 cm³/mol. The Bertz CT molecular complexity index is 982. The summed E-state index contributed by atoms with van der Waals surface area (Å²) in [5.74, 6) is 0.702. The molecule has 1 aromatic carbocycles. The van der Waals surface area contributed by atoms with Crippen LogP contribution in [0.5, 0.6) is 5.75 Å². The van der Waals surface area contributed by atoms with E-state index < -0.39 is 0 Å². The quantitative estimate of drug-likeness (QED) is 0.391. The van der Waals surface area contributed by atoms with Crippen molar-refractivity contribution in [2.24, 2.45) is 5.41 Å². The number of benzene rings is 1. The fraction of sp³-hybridized carbons (Fsp3) is 0.435. The van der Waals surface area contributed by atoms with Gasteiger partial charge in [-0.1, -0.05) is 50.1 Å². The summed E-state index contributed by atoms with van der Waals surface area (Å²) in [6.07, 6.45) is 4.22. The maximum atomic E-state index is 12.3. The first-order valence-electron chi connectivity index (χ1n) is 10.1. The molecule has 0 saturated carbocycles. The van der Waals surface area contributed by atoms with E-state index in [1.807, 2.05) is 0 Å². The minimum atomic E-state index is -0.274. The van der Waals surface area contributed by atoms with Crippen LogP contribution in [-0.4, -0.2) is 44.8 Å². The molecule has 8 heteroatoms. The normalized spacial score (nSPS) is 12.8. The SMILES string of the molecule is CC(C)=C/C=C(\C)[C@H](Nc1nsnc1Nc1cccc(C(=O)N(C)C)c1O)C(C)(C)C. The van der Waals surface area contributed by atoms with Gasteiger partial charge in [0.25, 0.3) is 5.91 Å². The Balaban J connectivity index is 2.34. The molecule has 31 heavy (non-hydrogen) atoms. The van der Waals surface area contributed by atoms with Gasteiger partial charge in [0.15, 0.2) is 17.4 Å². The van der Waals surface area contributed by atoms with Gasteiger partial charge in [-0.15, -0.1) is 0 Å². The zero-order valence-corrected chi connectivity index (χ0v) is 20.4. The van der Waals surface area contributed by atoms with Gasteiger partial charge in [0.1, 0.15) is 0 Å². The number of hydrogen-bond donors (Lipinski definition) is 3. The Morgan fingerprint density at radius 3 is 2.35 bits per heavy atom. The number of phenolic OH excluding ortho intramolecular Hbond substituents is 1. The van der Waals surface area contributed by atoms with Gasteiger partial charge in [0, 0.05) is 14.1 Å². The monoisotopic (exact) mass is 443 g/mol. The van der Waals surface area contributed by atoms with E-state index >= 15 is 0 Å². The van der Waals surface area contributed by atoms with E-state index in [9.17, 15) is 9.90 Å². The zero-order valence-electron chi connectivity index (χ0n) is 19.6. The average molecular weight is 444 g/mol. The van der Waals surface area contributed by atoms with Crippen molar-refractivity contribution in [3.05, 3.63) is 47.1 Å². The number of para-hydroxylation sites is 1. The number of nitrogens with one attached hydrogen (secondary N) is 2. The molecule has 0 fully saturated rings. The highest BCUT2D eigenvalue weighted by molar-refractivity contribution is 6.99. The van der Waals surface area contributed by atoms with Crippen LogP contribution in [0.1, 0.15) is 51.9 Å². The second-order valence-electron chi connectivity index (χ2n) is 9.09. The summed E-state index contributed by atoms with van der Waals surface area (Å²) < 4.78 is 8.77. The van der Waals surface area contributed by atoms with Gasteiger partial charge in [-0.3, -0.25) is 4.79 Å². The van der Waals surface area contributed by atoms with Gasteiger partial charge in [-0.05, 0) is 38.3 Å². The fourth-order valence-corrected chi connectivity index (χ4v) is 3.57. The molecular formula is C23H33N5O2S. The number of allylic oxidation sites excluding steroid dienone is 3. The lowest BCUT2D eigenvalue weighted by Gasteiger charge is -2.32. The van der Waals surface area contributed by atoms with Crippen LogP contribution in [0.3, 0.4) is 0 Å². The average Bonchev–Trinajstić information content (AvgIpc) is 3.11. The van der Waals surface area contributed by atoms with Crippen molar-refractivity contribution >= 4 is 35.0 Å². The second-order valence-corrected chi connectivity index (χ2v) is 9.61. The van der Waals surface area contributed by atoms with E-state index in [0.717, 1.165) is 11.7 Å². The summed E-state index contributed by atoms with van der Waals surface area (Å²) in [6, 6.07) is 5.03. The summed E-state index contributed by atoms with van der Waals surface area (Å²) in [5.41, 5.74) is 2.95. The molecule has 0 bridgehead atoms. The Labute approximate surface area is 189 Å². The minimum Gasteiger partial charge on any atom is -0.505 e. The Hall–Kier alpha value is -2.87. The molecule has 7 nitrogen and oxygen atoms in total. The molecule has 168 valence electrons. The first-order chi connectivity index (χ1) is 14.4. The summed E-state index contributed by atoms with van der Waals surface area (Å²) in [7, 11) is 3.29. The summed E-state index contributed by atoms with van der Waals surface area (Å²) in [5, 5.41) is 17.3. The van der Waals surface area contributed by atoms with E-state index in [0.29, 0.717) is 17.3 Å². The third kappa shape index (κ3) is 6.30. The number of carbonyl (C=O) groups excluding carboxylic acids is 1. The standard InChI is InChI=1S/C23H33N5O2S/c1-14(2)12-13-15(3)19(23(4,5)6)25-21-20(26-31-27-21)24-17-11-9-10-16(18(17)29)22(30)28(7)8/h9-13,19,29H,1-8H3,(H,24,26)(H,25,27)/b15-13+/t19-/m0/s1. The van der Waals surface area contributed by atoms with Crippen molar-refractivity contribution in [1.82, 2.24) is 13.6 Å². The number of nitrogens with zero attached hydrogens (tertiary/aromatic N) is 3. The minimum absolute atomic E-state index is 0.0165. The third-order valence-corrected chi connectivity index (χ3v) is 5.22. The lowest BCUT2D eigenvalue weighted by molar-refractivity contribution is 0.0824. The second kappa shape index (κ2) is 9.96. The van der Waals surface area contributed by atoms with Gasteiger partial charge >= 0.3 is 0 Å². The number of phenols is 1. The van der Waals surface area contributed by atoms with Crippen LogP contribution < -0.4 is 10.6 Å². The predicted octanol–water partition coefficient (Wildman–Crippen LogP) is 5.43. The van der Waals surface area contributed by atoms with E-state index in [1.165, 1.54) is 16.0 Å². The molecule has 0 saturated heterocycles. The molecule has 1 heterocycles. The van der Waals surface area contributed by atoms with Gasteiger partial charge in [-0.25, -0.2) is 0 Å². The van der Waals surface area contributed by atoms with Crippen LogP contribution in [0, 0.1) is 5.41 Å². The van der Waals surface area contributed by atoms with Crippen molar-refractivity contribution < 1.29 is 9.90 Å². The smallest absolute Gasteiger partial charge is 0.257 e. The number of carbonyl (C=O) groups is 1. The van der Waals surface area contributed by atoms with Crippen LogP contribution in [-0.2, 0) is 0 Å². The van der Waals surface area contributed by atoms with Crippen LogP contribution in [0.25, 0.3) is 0 Å². The number of aromatic nitrogens is 2. The van der Waals surface area contributed by atoms with Crippen LogP contribution in [0.4, 0.5) is 17.3 Å². The molecule has 3 N–H and O–H groups in total. The summed E-state index contributed by atoms with van der Waals surface area (Å²) >= 11 is 1.08. The number of aromatic hydroxyl groups is 1. The molecule has 2 rings (SSSR count). The Morgan fingerprint density at radius 1 is 1.13 bits per heavy atom. The first-order valence-corrected chi connectivity index (χ1v) is 10.9. The van der Waals surface area contributed by atoms with Gasteiger partial charge in [-0.2, -0.15) is 8.75 Å². The van der Waals surface area contributed by atoms with Crippen molar-refractivity contribution in [2.45, 2.75) is 47.6 Å². The zero-order chi connectivity index (χ0) is 23.3. The molecule has 0 unspecified atom stereocenters. The van der Waals surface area contributed by atoms with Crippen LogP contribution in [0.2, 0.25) is 0 Å². The molecule has 0 aliphatic heterocycles. The van der Waals surface area contributed by atoms with E-state index in [-0.39, 0.29) is 28.7 Å². The Morgan fingerprint density at radius 2 is 1.77 bits per heavy atom. The lowest BCUT2D eigenvalue weighted by atomic mass is 9.82. The molecule has 0 spiro atoms.